The van der Waals surface area contributed by atoms with Crippen molar-refractivity contribution < 1.29 is 9.59 Å². The standard InChI is InChI=1S/C14H18N2O2S/c1-7-3-2-4-9-10(7)11(12(15)17)14(19-9)16-13(18)8-5-6-8/h7-8H,2-6H2,1H3,(H2,15,17)(H,16,18). The van der Waals surface area contributed by atoms with Gasteiger partial charge in [0.05, 0.1) is 5.56 Å². The summed E-state index contributed by atoms with van der Waals surface area (Å²) in [6.07, 6.45) is 5.13. The molecule has 0 aliphatic heterocycles. The van der Waals surface area contributed by atoms with Gasteiger partial charge in [-0.1, -0.05) is 6.92 Å². The van der Waals surface area contributed by atoms with Gasteiger partial charge in [0.15, 0.2) is 0 Å². The monoisotopic (exact) mass is 278 g/mol. The van der Waals surface area contributed by atoms with E-state index in [1.54, 1.807) is 0 Å². The van der Waals surface area contributed by atoms with Gasteiger partial charge < -0.3 is 11.1 Å². The van der Waals surface area contributed by atoms with E-state index in [1.165, 1.54) is 16.2 Å². The summed E-state index contributed by atoms with van der Waals surface area (Å²) in [5, 5.41) is 3.58. The molecule has 2 aliphatic rings. The zero-order valence-corrected chi connectivity index (χ0v) is 11.8. The van der Waals surface area contributed by atoms with Gasteiger partial charge in [-0.05, 0) is 43.6 Å². The molecule has 1 atom stereocenters. The normalized spacial score (nSPS) is 21.8. The number of thiophene rings is 1. The van der Waals surface area contributed by atoms with Crippen LogP contribution in [0.25, 0.3) is 0 Å². The molecule has 3 N–H and O–H groups in total. The molecule has 1 aromatic heterocycles. The summed E-state index contributed by atoms with van der Waals surface area (Å²) in [5.41, 5.74) is 7.16. The number of fused-ring (bicyclic) bond motifs is 1. The fourth-order valence-electron chi connectivity index (χ4n) is 2.80. The van der Waals surface area contributed by atoms with Crippen LogP contribution in [0.15, 0.2) is 0 Å². The molecule has 4 nitrogen and oxygen atoms in total. The zero-order valence-electron chi connectivity index (χ0n) is 11.0. The highest BCUT2D eigenvalue weighted by Crippen LogP contribution is 2.43. The summed E-state index contributed by atoms with van der Waals surface area (Å²) in [6, 6.07) is 0. The van der Waals surface area contributed by atoms with Gasteiger partial charge in [0.1, 0.15) is 5.00 Å². The van der Waals surface area contributed by atoms with Gasteiger partial charge in [-0.3, -0.25) is 9.59 Å². The largest absolute Gasteiger partial charge is 0.365 e. The number of aryl methyl sites for hydroxylation is 1. The van der Waals surface area contributed by atoms with Crippen molar-refractivity contribution >= 4 is 28.2 Å². The van der Waals surface area contributed by atoms with Crippen LogP contribution >= 0.6 is 11.3 Å². The van der Waals surface area contributed by atoms with E-state index in [9.17, 15) is 9.59 Å². The summed E-state index contributed by atoms with van der Waals surface area (Å²) in [5.74, 6) is 0.109. The molecule has 1 aromatic rings. The molecule has 1 saturated carbocycles. The fourth-order valence-corrected chi connectivity index (χ4v) is 4.17. The fraction of sp³-hybridized carbons (Fsp3) is 0.571. The van der Waals surface area contributed by atoms with Crippen molar-refractivity contribution in [3.05, 3.63) is 16.0 Å². The molecule has 0 spiro atoms. The van der Waals surface area contributed by atoms with Gasteiger partial charge >= 0.3 is 0 Å². The molecule has 0 saturated heterocycles. The Morgan fingerprint density at radius 2 is 2.05 bits per heavy atom. The summed E-state index contributed by atoms with van der Waals surface area (Å²) in [4.78, 5) is 24.9. The number of carbonyl (C=O) groups excluding carboxylic acids is 2. The summed E-state index contributed by atoms with van der Waals surface area (Å²) >= 11 is 1.53. The van der Waals surface area contributed by atoms with Crippen molar-refractivity contribution in [2.75, 3.05) is 5.32 Å². The lowest BCUT2D eigenvalue weighted by molar-refractivity contribution is -0.117. The Morgan fingerprint density at radius 3 is 2.68 bits per heavy atom. The number of hydrogen-bond donors (Lipinski definition) is 2. The minimum absolute atomic E-state index is 0.0359. The molecular weight excluding hydrogens is 260 g/mol. The average molecular weight is 278 g/mol. The first-order valence-electron chi connectivity index (χ1n) is 6.84. The molecule has 0 bridgehead atoms. The molecule has 102 valence electrons. The third-order valence-corrected chi connectivity index (χ3v) is 5.17. The Bertz CT molecular complexity index is 546. The molecule has 0 aromatic carbocycles. The lowest BCUT2D eigenvalue weighted by Gasteiger charge is -2.19. The number of amides is 2. The molecule has 1 fully saturated rings. The number of anilines is 1. The minimum Gasteiger partial charge on any atom is -0.365 e. The number of primary amides is 1. The SMILES string of the molecule is CC1CCCc2sc(NC(=O)C3CC3)c(C(N)=O)c21. The number of nitrogens with one attached hydrogen (secondary N) is 1. The van der Waals surface area contributed by atoms with E-state index in [1.807, 2.05) is 0 Å². The molecule has 1 heterocycles. The van der Waals surface area contributed by atoms with Crippen LogP contribution in [0, 0.1) is 5.92 Å². The van der Waals surface area contributed by atoms with Crippen LogP contribution in [0.3, 0.4) is 0 Å². The zero-order chi connectivity index (χ0) is 13.6. The Balaban J connectivity index is 1.98. The second-order valence-corrected chi connectivity index (χ2v) is 6.67. The quantitative estimate of drug-likeness (QED) is 0.892. The summed E-state index contributed by atoms with van der Waals surface area (Å²) in [7, 11) is 0. The van der Waals surface area contributed by atoms with Gasteiger partial charge in [-0.25, -0.2) is 0 Å². The maximum absolute atomic E-state index is 11.9. The lowest BCUT2D eigenvalue weighted by atomic mass is 9.86. The molecular formula is C14H18N2O2S. The van der Waals surface area contributed by atoms with E-state index in [0.717, 1.165) is 37.7 Å². The van der Waals surface area contributed by atoms with E-state index in [0.29, 0.717) is 16.5 Å². The second kappa shape index (κ2) is 4.63. The summed E-state index contributed by atoms with van der Waals surface area (Å²) < 4.78 is 0. The van der Waals surface area contributed by atoms with Gasteiger partial charge in [0.2, 0.25) is 5.91 Å². The predicted octanol–water partition coefficient (Wildman–Crippen LogP) is 2.64. The highest BCUT2D eigenvalue weighted by Gasteiger charge is 2.33. The van der Waals surface area contributed by atoms with Gasteiger partial charge in [0.25, 0.3) is 5.91 Å². The van der Waals surface area contributed by atoms with Crippen LogP contribution in [-0.4, -0.2) is 11.8 Å². The molecule has 1 unspecified atom stereocenters. The number of carbonyl (C=O) groups is 2. The molecule has 0 radical (unpaired) electrons. The molecule has 19 heavy (non-hydrogen) atoms. The van der Waals surface area contributed by atoms with Crippen LogP contribution in [0.4, 0.5) is 5.00 Å². The maximum Gasteiger partial charge on any atom is 0.252 e. The molecule has 2 aliphatic carbocycles. The van der Waals surface area contributed by atoms with Crippen molar-refractivity contribution in [3.8, 4) is 0 Å². The first-order chi connectivity index (χ1) is 9.08. The molecule has 3 rings (SSSR count). The second-order valence-electron chi connectivity index (χ2n) is 5.56. The highest BCUT2D eigenvalue weighted by atomic mass is 32.1. The average Bonchev–Trinajstić information content (AvgIpc) is 3.11. The maximum atomic E-state index is 11.9. The molecule has 5 heteroatoms. The molecule has 2 amide bonds. The smallest absolute Gasteiger partial charge is 0.252 e. The summed E-state index contributed by atoms with van der Waals surface area (Å²) in [6.45, 7) is 2.13. The lowest BCUT2D eigenvalue weighted by Crippen LogP contribution is -2.20. The van der Waals surface area contributed by atoms with Crippen molar-refractivity contribution in [1.29, 1.82) is 0 Å². The van der Waals surface area contributed by atoms with E-state index < -0.39 is 5.91 Å². The Kier molecular flexibility index (Phi) is 3.09. The third kappa shape index (κ3) is 2.27. The van der Waals surface area contributed by atoms with E-state index in [4.69, 9.17) is 5.73 Å². The van der Waals surface area contributed by atoms with Crippen LogP contribution in [-0.2, 0) is 11.2 Å². The Labute approximate surface area is 116 Å². The topological polar surface area (TPSA) is 72.2 Å². The first-order valence-corrected chi connectivity index (χ1v) is 7.65. The number of hydrogen-bond acceptors (Lipinski definition) is 3. The highest BCUT2D eigenvalue weighted by molar-refractivity contribution is 7.17. The van der Waals surface area contributed by atoms with Crippen molar-refractivity contribution in [2.24, 2.45) is 11.7 Å². The van der Waals surface area contributed by atoms with Crippen LogP contribution < -0.4 is 11.1 Å². The van der Waals surface area contributed by atoms with Crippen molar-refractivity contribution in [2.45, 2.75) is 44.9 Å². The van der Waals surface area contributed by atoms with E-state index in [2.05, 4.69) is 12.2 Å². The third-order valence-electron chi connectivity index (χ3n) is 3.99. The number of nitrogens with two attached hydrogens (primary N) is 1. The first kappa shape index (κ1) is 12.7. The van der Waals surface area contributed by atoms with E-state index in [-0.39, 0.29) is 11.8 Å². The predicted molar refractivity (Wildman–Crippen MR) is 75.5 cm³/mol. The van der Waals surface area contributed by atoms with Gasteiger partial charge in [-0.2, -0.15) is 0 Å². The van der Waals surface area contributed by atoms with Crippen molar-refractivity contribution in [1.82, 2.24) is 0 Å². The van der Waals surface area contributed by atoms with Crippen LogP contribution in [0.1, 0.15) is 59.3 Å². The van der Waals surface area contributed by atoms with Gasteiger partial charge in [0, 0.05) is 10.8 Å². The van der Waals surface area contributed by atoms with Crippen LogP contribution in [0.5, 0.6) is 0 Å². The van der Waals surface area contributed by atoms with Gasteiger partial charge in [-0.15, -0.1) is 11.3 Å². The Hall–Kier alpha value is -1.36. The minimum atomic E-state index is -0.419. The van der Waals surface area contributed by atoms with E-state index >= 15 is 0 Å². The number of rotatable bonds is 3. The van der Waals surface area contributed by atoms with Crippen molar-refractivity contribution in [3.63, 3.8) is 0 Å². The Morgan fingerprint density at radius 1 is 1.32 bits per heavy atom. The van der Waals surface area contributed by atoms with Crippen LogP contribution in [0.2, 0.25) is 0 Å².